The number of likely N-dealkylation sites (N-methyl/N-ethyl adjacent to an activating group) is 1. The first kappa shape index (κ1) is 17.9. The van der Waals surface area contributed by atoms with E-state index in [1.165, 1.54) is 0 Å². The number of nitriles is 2. The van der Waals surface area contributed by atoms with Gasteiger partial charge in [-0.1, -0.05) is 34.1 Å². The van der Waals surface area contributed by atoms with Gasteiger partial charge in [-0.25, -0.2) is 0 Å². The molecule has 1 saturated heterocycles. The van der Waals surface area contributed by atoms with E-state index in [4.69, 9.17) is 0 Å². The number of nitrogens with zero attached hydrogens (tertiary/aromatic N) is 3. The maximum absolute atomic E-state index is 13.7. The van der Waals surface area contributed by atoms with Crippen molar-refractivity contribution in [3.05, 3.63) is 58.1 Å². The molecule has 2 aromatic rings. The third-order valence-electron chi connectivity index (χ3n) is 6.48. The van der Waals surface area contributed by atoms with Crippen LogP contribution in [-0.4, -0.2) is 30.3 Å². The lowest BCUT2D eigenvalue weighted by Gasteiger charge is -2.43. The Balaban J connectivity index is 2.01. The molecule has 7 nitrogen and oxygen atoms in total. The Kier molecular flexibility index (Phi) is 3.35. The van der Waals surface area contributed by atoms with Crippen LogP contribution in [0.4, 0.5) is 11.4 Å². The normalized spacial score (nSPS) is 28.6. The Labute approximate surface area is 175 Å². The number of halogens is 1. The van der Waals surface area contributed by atoms with Gasteiger partial charge in [0.2, 0.25) is 5.91 Å². The molecule has 3 aliphatic heterocycles. The molecular weight excluding hydrogens is 434 g/mol. The summed E-state index contributed by atoms with van der Waals surface area (Å²) in [7, 11) is 1.68. The Morgan fingerprint density at radius 2 is 1.66 bits per heavy atom. The molecule has 2 N–H and O–H groups in total. The molecule has 3 heterocycles. The Bertz CT molecular complexity index is 1200. The van der Waals surface area contributed by atoms with E-state index in [2.05, 4.69) is 38.7 Å². The zero-order valence-electron chi connectivity index (χ0n) is 15.3. The van der Waals surface area contributed by atoms with Crippen LogP contribution in [0.3, 0.4) is 0 Å². The summed E-state index contributed by atoms with van der Waals surface area (Å²) in [5, 5.41) is 26.2. The average Bonchev–Trinajstić information content (AvgIpc) is 3.26. The second kappa shape index (κ2) is 5.44. The van der Waals surface area contributed by atoms with Crippen molar-refractivity contribution < 1.29 is 9.59 Å². The summed E-state index contributed by atoms with van der Waals surface area (Å²) in [6.07, 6.45) is 0. The fourth-order valence-corrected chi connectivity index (χ4v) is 5.86. The van der Waals surface area contributed by atoms with Crippen LogP contribution in [0.5, 0.6) is 0 Å². The van der Waals surface area contributed by atoms with Crippen LogP contribution >= 0.6 is 15.9 Å². The molecule has 0 radical (unpaired) electrons. The first-order valence-corrected chi connectivity index (χ1v) is 9.74. The number of benzene rings is 2. The molecule has 3 aliphatic rings. The Hall–Kier alpha value is -3.20. The van der Waals surface area contributed by atoms with E-state index in [0.29, 0.717) is 27.0 Å². The van der Waals surface area contributed by atoms with Gasteiger partial charge in [0, 0.05) is 28.0 Å². The van der Waals surface area contributed by atoms with Crippen LogP contribution in [0.25, 0.3) is 0 Å². The van der Waals surface area contributed by atoms with Crippen molar-refractivity contribution in [2.75, 3.05) is 24.2 Å². The molecule has 0 unspecified atom stereocenters. The van der Waals surface area contributed by atoms with Crippen molar-refractivity contribution in [3.63, 3.8) is 0 Å². The number of carbonyl (C=O) groups excluding carboxylic acids is 2. The van der Waals surface area contributed by atoms with E-state index in [0.717, 1.165) is 0 Å². The van der Waals surface area contributed by atoms with E-state index in [1.807, 2.05) is 0 Å². The van der Waals surface area contributed by atoms with E-state index < -0.39 is 28.2 Å². The summed E-state index contributed by atoms with van der Waals surface area (Å²) >= 11 is 3.44. The molecule has 1 fully saturated rings. The largest absolute Gasteiger partial charge is 0.325 e. The Morgan fingerprint density at radius 1 is 1.00 bits per heavy atom. The van der Waals surface area contributed by atoms with Gasteiger partial charge in [0.1, 0.15) is 11.0 Å². The van der Waals surface area contributed by atoms with Crippen LogP contribution in [0.15, 0.2) is 46.9 Å². The van der Waals surface area contributed by atoms with Gasteiger partial charge < -0.3 is 10.6 Å². The summed E-state index contributed by atoms with van der Waals surface area (Å²) in [6, 6.07) is 16.6. The first-order chi connectivity index (χ1) is 13.9. The van der Waals surface area contributed by atoms with E-state index in [1.54, 1.807) is 54.4 Å². The second-order valence-corrected chi connectivity index (χ2v) is 8.50. The summed E-state index contributed by atoms with van der Waals surface area (Å²) in [4.78, 5) is 29.0. The summed E-state index contributed by atoms with van der Waals surface area (Å²) < 4.78 is 0.688. The van der Waals surface area contributed by atoms with Crippen LogP contribution in [0, 0.1) is 28.1 Å². The number of rotatable bonds is 0. The number of anilines is 2. The van der Waals surface area contributed by atoms with Crippen molar-refractivity contribution in [1.82, 2.24) is 4.90 Å². The van der Waals surface area contributed by atoms with Crippen molar-refractivity contribution >= 4 is 39.1 Å². The third kappa shape index (κ3) is 1.67. The molecule has 2 spiro atoms. The predicted octanol–water partition coefficient (Wildman–Crippen LogP) is 2.47. The number of amides is 2. The summed E-state index contributed by atoms with van der Waals surface area (Å²) in [6.45, 7) is -0.0544. The van der Waals surface area contributed by atoms with Gasteiger partial charge >= 0.3 is 0 Å². The highest BCUT2D eigenvalue weighted by Gasteiger charge is 2.82. The number of nitrogens with one attached hydrogen (secondary N) is 2. The summed E-state index contributed by atoms with van der Waals surface area (Å²) in [5.41, 5.74) is -2.92. The van der Waals surface area contributed by atoms with Gasteiger partial charge in [-0.2, -0.15) is 10.5 Å². The van der Waals surface area contributed by atoms with E-state index in [9.17, 15) is 20.1 Å². The zero-order valence-corrected chi connectivity index (χ0v) is 16.9. The lowest BCUT2D eigenvalue weighted by molar-refractivity contribution is -0.137. The molecule has 8 heteroatoms. The molecule has 0 aliphatic carbocycles. The van der Waals surface area contributed by atoms with Gasteiger partial charge in [0.25, 0.3) is 5.91 Å². The zero-order chi connectivity index (χ0) is 20.6. The Morgan fingerprint density at radius 3 is 2.38 bits per heavy atom. The van der Waals surface area contributed by atoms with Gasteiger partial charge in [-0.05, 0) is 36.9 Å². The van der Waals surface area contributed by atoms with Crippen molar-refractivity contribution in [2.45, 2.75) is 11.0 Å². The monoisotopic (exact) mass is 447 g/mol. The van der Waals surface area contributed by atoms with E-state index >= 15 is 0 Å². The van der Waals surface area contributed by atoms with Crippen molar-refractivity contribution in [3.8, 4) is 12.1 Å². The van der Waals surface area contributed by atoms with Crippen LogP contribution < -0.4 is 10.6 Å². The molecule has 142 valence electrons. The molecule has 0 bridgehead atoms. The molecule has 2 atom stereocenters. The fraction of sp³-hybridized carbons (Fsp3) is 0.238. The van der Waals surface area contributed by atoms with Gasteiger partial charge in [-0.15, -0.1) is 0 Å². The smallest absolute Gasteiger partial charge is 0.251 e. The lowest BCUT2D eigenvalue weighted by Crippen LogP contribution is -2.63. The topological polar surface area (TPSA) is 109 Å². The van der Waals surface area contributed by atoms with Gasteiger partial charge in [0.05, 0.1) is 12.1 Å². The highest BCUT2D eigenvalue weighted by Crippen LogP contribution is 2.67. The minimum absolute atomic E-state index is 0.0544. The quantitative estimate of drug-likeness (QED) is 0.644. The van der Waals surface area contributed by atoms with Gasteiger partial charge in [-0.3, -0.25) is 14.5 Å². The number of hydrogen-bond donors (Lipinski definition) is 2. The maximum Gasteiger partial charge on any atom is 0.251 e. The number of hydrogen-bond acceptors (Lipinski definition) is 5. The standard InChI is InChI=1S/C21H14BrN5O2/c1-27-11-19(9-23,10-24)20(14-8-12(22)6-7-16(14)25-17(20)28)21(27)13-4-2-3-5-15(13)26-18(21)29/h2-8H,11H2,1H3,(H,25,28)(H,26,29)/t20-,21+/m1/s1. The van der Waals surface area contributed by atoms with Crippen LogP contribution in [0.1, 0.15) is 11.1 Å². The molecule has 5 rings (SSSR count). The highest BCUT2D eigenvalue weighted by molar-refractivity contribution is 9.10. The maximum atomic E-state index is 13.7. The average molecular weight is 448 g/mol. The molecule has 2 aromatic carbocycles. The highest BCUT2D eigenvalue weighted by atomic mass is 79.9. The van der Waals surface area contributed by atoms with Crippen LogP contribution in [0.2, 0.25) is 0 Å². The van der Waals surface area contributed by atoms with Gasteiger partial charge in [0.15, 0.2) is 5.41 Å². The molecule has 2 amide bonds. The minimum atomic E-state index is -1.77. The summed E-state index contributed by atoms with van der Waals surface area (Å²) in [5.74, 6) is -0.943. The molecule has 0 aromatic heterocycles. The predicted molar refractivity (Wildman–Crippen MR) is 107 cm³/mol. The van der Waals surface area contributed by atoms with Crippen molar-refractivity contribution in [1.29, 1.82) is 10.5 Å². The van der Waals surface area contributed by atoms with Crippen LogP contribution in [-0.2, 0) is 20.5 Å². The number of likely N-dealkylation sites (tertiary alicyclic amines) is 1. The lowest BCUT2D eigenvalue weighted by atomic mass is 9.54. The molecule has 0 saturated carbocycles. The number of fused-ring (bicyclic) bond motifs is 5. The number of carbonyl (C=O) groups is 2. The number of para-hydroxylation sites is 1. The first-order valence-electron chi connectivity index (χ1n) is 8.95. The third-order valence-corrected chi connectivity index (χ3v) is 6.97. The van der Waals surface area contributed by atoms with Crippen molar-refractivity contribution in [2.24, 2.45) is 5.41 Å². The SMILES string of the molecule is CN1CC(C#N)(C#N)[C@@]2(C(=O)Nc3ccc(Br)cc32)[C@]12C(=O)Nc1ccccc12. The minimum Gasteiger partial charge on any atom is -0.325 e. The molecule has 29 heavy (non-hydrogen) atoms. The fourth-order valence-electron chi connectivity index (χ4n) is 5.50. The van der Waals surface area contributed by atoms with E-state index in [-0.39, 0.29) is 6.54 Å². The second-order valence-electron chi connectivity index (χ2n) is 7.59. The molecular formula is C21H14BrN5O2.